The SMILES string of the molecule is CC(O)(CO[Si](C)(C)C(C)(C)C)c1cc(F)c(S(N)(=O)=N[Si](C)(C)C(C)(C)C)s1. The van der Waals surface area contributed by atoms with Crippen molar-refractivity contribution in [3.05, 3.63) is 16.8 Å². The highest BCUT2D eigenvalue weighted by molar-refractivity contribution is 7.94. The predicted octanol–water partition coefficient (Wildman–Crippen LogP) is 5.82. The minimum Gasteiger partial charge on any atom is -0.414 e. The van der Waals surface area contributed by atoms with Crippen molar-refractivity contribution in [3.63, 3.8) is 0 Å². The molecule has 3 N–H and O–H groups in total. The van der Waals surface area contributed by atoms with E-state index in [1.165, 1.54) is 6.07 Å². The van der Waals surface area contributed by atoms with Gasteiger partial charge in [-0.3, -0.25) is 4.03 Å². The first-order valence-electron chi connectivity index (χ1n) is 9.76. The fourth-order valence-electron chi connectivity index (χ4n) is 1.94. The van der Waals surface area contributed by atoms with Gasteiger partial charge in [0, 0.05) is 4.88 Å². The number of hydrogen-bond donors (Lipinski definition) is 2. The second-order valence-corrected chi connectivity index (χ2v) is 24.1. The topological polar surface area (TPSA) is 84.9 Å². The van der Waals surface area contributed by atoms with E-state index in [1.54, 1.807) is 6.92 Å². The lowest BCUT2D eigenvalue weighted by Crippen LogP contribution is -2.44. The van der Waals surface area contributed by atoms with E-state index in [0.717, 1.165) is 11.3 Å². The van der Waals surface area contributed by atoms with Gasteiger partial charge in [0.2, 0.25) is 0 Å². The van der Waals surface area contributed by atoms with Crippen molar-refractivity contribution in [1.29, 1.82) is 0 Å². The average Bonchev–Trinajstić information content (AvgIpc) is 2.85. The van der Waals surface area contributed by atoms with Crippen LogP contribution in [0.5, 0.6) is 0 Å². The Hall–Kier alpha value is -0.106. The van der Waals surface area contributed by atoms with E-state index in [2.05, 4.69) is 37.9 Å². The molecule has 0 aliphatic carbocycles. The lowest BCUT2D eigenvalue weighted by Gasteiger charge is -2.38. The first-order valence-corrected chi connectivity index (χ1v) is 18.0. The summed E-state index contributed by atoms with van der Waals surface area (Å²) in [6.07, 6.45) is 0. The molecule has 0 aliphatic heterocycles. The fraction of sp³-hybridized carbons (Fsp3) is 0.789. The summed E-state index contributed by atoms with van der Waals surface area (Å²) < 4.78 is 38.4. The molecule has 1 aromatic heterocycles. The normalized spacial score (nSPS) is 18.3. The Morgan fingerprint density at radius 1 is 1.14 bits per heavy atom. The minimum atomic E-state index is -3.40. The van der Waals surface area contributed by atoms with Gasteiger partial charge in [-0.2, -0.15) is 0 Å². The van der Waals surface area contributed by atoms with Crippen molar-refractivity contribution in [1.82, 2.24) is 0 Å². The molecule has 5 nitrogen and oxygen atoms in total. The largest absolute Gasteiger partial charge is 0.414 e. The lowest BCUT2D eigenvalue weighted by molar-refractivity contribution is 0.00556. The molecule has 0 saturated carbocycles. The molecule has 0 aromatic carbocycles. The van der Waals surface area contributed by atoms with Crippen LogP contribution in [0.3, 0.4) is 0 Å². The van der Waals surface area contributed by atoms with E-state index in [-0.39, 0.29) is 20.9 Å². The Bertz CT molecular complexity index is 860. The maximum atomic E-state index is 14.7. The molecule has 1 rings (SSSR count). The third-order valence-corrected chi connectivity index (χ3v) is 20.1. The molecule has 1 heterocycles. The first-order chi connectivity index (χ1) is 12.5. The highest BCUT2D eigenvalue weighted by atomic mass is 32.2. The average molecular weight is 483 g/mol. The number of thiophene rings is 1. The molecule has 10 heteroatoms. The zero-order chi connectivity index (χ0) is 23.3. The second-order valence-electron chi connectivity index (χ2n) is 11.0. The van der Waals surface area contributed by atoms with E-state index >= 15 is 0 Å². The van der Waals surface area contributed by atoms with E-state index in [1.807, 2.05) is 33.9 Å². The van der Waals surface area contributed by atoms with Gasteiger partial charge in [0.15, 0.2) is 22.4 Å². The molecule has 1 aromatic rings. The number of halogens is 1. The van der Waals surface area contributed by atoms with Crippen LogP contribution in [0.25, 0.3) is 0 Å². The first kappa shape index (κ1) is 26.9. The van der Waals surface area contributed by atoms with Gasteiger partial charge in [0.25, 0.3) is 0 Å². The molecular formula is C19H39FN2O3S2Si2. The maximum Gasteiger partial charge on any atom is 0.195 e. The number of aliphatic hydroxyl groups is 1. The standard InChI is InChI=1S/C19H39FN2O3S2Si2/c1-17(2,3)28(8,9)22-27(21,24)16-14(20)12-15(26-16)19(7,23)13-25-29(10,11)18(4,5)6/h12,23H,13H2,1-11H3,(H2,21,22,24). The van der Waals surface area contributed by atoms with Gasteiger partial charge in [-0.15, -0.1) is 11.3 Å². The van der Waals surface area contributed by atoms with E-state index < -0.39 is 37.9 Å². The molecule has 29 heavy (non-hydrogen) atoms. The summed E-state index contributed by atoms with van der Waals surface area (Å²) in [5.74, 6) is -0.687. The highest BCUT2D eigenvalue weighted by Crippen LogP contribution is 2.41. The van der Waals surface area contributed by atoms with Crippen LogP contribution < -0.4 is 5.14 Å². The molecule has 2 unspecified atom stereocenters. The molecule has 0 radical (unpaired) electrons. The van der Waals surface area contributed by atoms with E-state index in [9.17, 15) is 13.7 Å². The van der Waals surface area contributed by atoms with Gasteiger partial charge in [0.05, 0.1) is 6.61 Å². The van der Waals surface area contributed by atoms with Gasteiger partial charge < -0.3 is 9.53 Å². The zero-order valence-corrected chi connectivity index (χ0v) is 23.4. The Morgan fingerprint density at radius 3 is 2.03 bits per heavy atom. The molecular weight excluding hydrogens is 444 g/mol. The molecule has 2 atom stereocenters. The second kappa shape index (κ2) is 8.10. The van der Waals surface area contributed by atoms with Gasteiger partial charge in [-0.1, -0.05) is 41.5 Å². The smallest absolute Gasteiger partial charge is 0.195 e. The summed E-state index contributed by atoms with van der Waals surface area (Å²) in [5.41, 5.74) is -1.41. The van der Waals surface area contributed by atoms with Crippen LogP contribution in [0, 0.1) is 5.82 Å². The van der Waals surface area contributed by atoms with Crippen molar-refractivity contribution >= 4 is 37.8 Å². The van der Waals surface area contributed by atoms with E-state index in [4.69, 9.17) is 9.56 Å². The predicted molar refractivity (Wildman–Crippen MR) is 127 cm³/mol. The summed E-state index contributed by atoms with van der Waals surface area (Å²) in [7, 11) is -7.85. The van der Waals surface area contributed by atoms with Gasteiger partial charge in [-0.05, 0) is 49.3 Å². The summed E-state index contributed by atoms with van der Waals surface area (Å²) >= 11 is 0.921. The van der Waals surface area contributed by atoms with E-state index in [0.29, 0.717) is 4.88 Å². The van der Waals surface area contributed by atoms with Gasteiger partial charge >= 0.3 is 0 Å². The number of nitrogens with zero attached hydrogens (tertiary/aromatic N) is 1. The van der Waals surface area contributed by atoms with Crippen molar-refractivity contribution in [2.75, 3.05) is 6.61 Å². The number of rotatable bonds is 6. The van der Waals surface area contributed by atoms with Crippen LogP contribution in [0.4, 0.5) is 4.39 Å². The Morgan fingerprint density at radius 2 is 1.62 bits per heavy atom. The highest BCUT2D eigenvalue weighted by Gasteiger charge is 2.41. The molecule has 170 valence electrons. The molecule has 0 fully saturated rings. The van der Waals surface area contributed by atoms with Crippen LogP contribution in [0.15, 0.2) is 14.3 Å². The third kappa shape index (κ3) is 6.21. The van der Waals surface area contributed by atoms with Gasteiger partial charge in [-0.25, -0.2) is 13.7 Å². The monoisotopic (exact) mass is 482 g/mol. The lowest BCUT2D eigenvalue weighted by atomic mass is 10.1. The molecule has 0 aliphatic rings. The van der Waals surface area contributed by atoms with Crippen LogP contribution in [-0.2, 0) is 19.9 Å². The van der Waals surface area contributed by atoms with Crippen LogP contribution >= 0.6 is 11.3 Å². The van der Waals surface area contributed by atoms with Crippen molar-refractivity contribution < 1.29 is 18.1 Å². The summed E-state index contributed by atoms with van der Waals surface area (Å²) in [4.78, 5) is 0.340. The minimum absolute atomic E-state index is 0.0113. The van der Waals surface area contributed by atoms with Crippen LogP contribution in [-0.4, -0.2) is 32.5 Å². The molecule has 0 amide bonds. The summed E-state index contributed by atoms with van der Waals surface area (Å²) in [6, 6.07) is 1.21. The number of nitrogens with two attached hydrogens (primary N) is 1. The van der Waals surface area contributed by atoms with Gasteiger partial charge in [0.1, 0.15) is 19.7 Å². The van der Waals surface area contributed by atoms with Crippen molar-refractivity contribution in [2.24, 2.45) is 9.17 Å². The summed E-state index contributed by atoms with van der Waals surface area (Å²) in [5, 5.41) is 16.8. The molecule has 0 saturated heterocycles. The summed E-state index contributed by atoms with van der Waals surface area (Å²) in [6.45, 7) is 22.2. The van der Waals surface area contributed by atoms with Crippen molar-refractivity contribution in [3.8, 4) is 0 Å². The molecule has 0 bridgehead atoms. The van der Waals surface area contributed by atoms with Crippen molar-refractivity contribution in [2.45, 2.75) is 94.5 Å². The Kier molecular flexibility index (Phi) is 7.53. The maximum absolute atomic E-state index is 14.7. The Labute approximate surface area is 182 Å². The third-order valence-electron chi connectivity index (χ3n) is 6.17. The number of hydrogen-bond acceptors (Lipinski definition) is 5. The molecule has 0 spiro atoms. The Balaban J connectivity index is 3.29. The van der Waals surface area contributed by atoms with Crippen LogP contribution in [0.1, 0.15) is 53.3 Å². The fourth-order valence-corrected chi connectivity index (χ4v) is 9.38. The zero-order valence-electron chi connectivity index (χ0n) is 19.8. The van der Waals surface area contributed by atoms with Crippen LogP contribution in [0.2, 0.25) is 36.3 Å². The quantitative estimate of drug-likeness (QED) is 0.501.